The zero-order valence-corrected chi connectivity index (χ0v) is 10.6. The summed E-state index contributed by atoms with van der Waals surface area (Å²) in [6.07, 6.45) is 2.76. The molecule has 0 saturated carbocycles. The molecule has 0 bridgehead atoms. The minimum absolute atomic E-state index is 0.622. The van der Waals surface area contributed by atoms with Gasteiger partial charge >= 0.3 is 0 Å². The number of nitrogens with two attached hydrogens (primary N) is 1. The molecule has 90 valence electrons. The van der Waals surface area contributed by atoms with E-state index >= 15 is 0 Å². The molecule has 0 aromatic carbocycles. The van der Waals surface area contributed by atoms with Gasteiger partial charge in [-0.25, -0.2) is 0 Å². The van der Waals surface area contributed by atoms with E-state index in [2.05, 4.69) is 30.8 Å². The smallest absolute Gasteiger partial charge is 0.00190 e. The average molecular weight is 213 g/mol. The van der Waals surface area contributed by atoms with E-state index in [1.165, 1.54) is 32.5 Å². The van der Waals surface area contributed by atoms with Crippen molar-refractivity contribution in [3.8, 4) is 0 Å². The number of piperidine rings is 1. The van der Waals surface area contributed by atoms with E-state index in [9.17, 15) is 0 Å². The molecule has 0 aromatic heterocycles. The summed E-state index contributed by atoms with van der Waals surface area (Å²) in [7, 11) is 4.45. The maximum absolute atomic E-state index is 5.64. The van der Waals surface area contributed by atoms with E-state index < -0.39 is 0 Å². The van der Waals surface area contributed by atoms with Crippen molar-refractivity contribution in [1.82, 2.24) is 9.80 Å². The molecule has 1 fully saturated rings. The largest absolute Gasteiger partial charge is 0.330 e. The Morgan fingerprint density at radius 2 is 2.27 bits per heavy atom. The van der Waals surface area contributed by atoms with Crippen LogP contribution in [0.25, 0.3) is 0 Å². The first-order chi connectivity index (χ1) is 7.11. The molecule has 0 aliphatic carbocycles. The molecule has 1 rings (SSSR count). The van der Waals surface area contributed by atoms with Crippen molar-refractivity contribution in [3.05, 3.63) is 0 Å². The van der Waals surface area contributed by atoms with Crippen LogP contribution in [-0.4, -0.2) is 56.6 Å². The van der Waals surface area contributed by atoms with E-state index in [0.29, 0.717) is 5.92 Å². The second kappa shape index (κ2) is 6.46. The molecule has 0 aromatic rings. The van der Waals surface area contributed by atoms with Gasteiger partial charge < -0.3 is 15.5 Å². The molecular formula is C12H27N3. The summed E-state index contributed by atoms with van der Waals surface area (Å²) in [5.41, 5.74) is 5.64. The third-order valence-electron chi connectivity index (χ3n) is 3.32. The zero-order valence-electron chi connectivity index (χ0n) is 10.6. The monoisotopic (exact) mass is 213 g/mol. The highest BCUT2D eigenvalue weighted by Gasteiger charge is 2.18. The van der Waals surface area contributed by atoms with Crippen LogP contribution >= 0.6 is 0 Å². The SMILES string of the molecule is CC(CN)CN(C)CC1CCCN(C)C1. The van der Waals surface area contributed by atoms with Gasteiger partial charge in [0.1, 0.15) is 0 Å². The predicted octanol–water partition coefficient (Wildman–Crippen LogP) is 0.855. The summed E-state index contributed by atoms with van der Waals surface area (Å²) in [4.78, 5) is 4.90. The molecular weight excluding hydrogens is 186 g/mol. The third kappa shape index (κ3) is 4.96. The molecule has 0 amide bonds. The summed E-state index contributed by atoms with van der Waals surface area (Å²) in [6.45, 7) is 7.94. The van der Waals surface area contributed by atoms with Gasteiger partial charge in [0.2, 0.25) is 0 Å². The summed E-state index contributed by atoms with van der Waals surface area (Å²) < 4.78 is 0. The standard InChI is InChI=1S/C12H27N3/c1-11(7-13)8-15(3)10-12-5-4-6-14(2)9-12/h11-12H,4-10,13H2,1-3H3. The van der Waals surface area contributed by atoms with E-state index in [1.807, 2.05) is 0 Å². The molecule has 1 aliphatic rings. The number of hydrogen-bond donors (Lipinski definition) is 1. The van der Waals surface area contributed by atoms with Crippen molar-refractivity contribution in [2.75, 3.05) is 46.8 Å². The van der Waals surface area contributed by atoms with Crippen LogP contribution in [-0.2, 0) is 0 Å². The minimum Gasteiger partial charge on any atom is -0.330 e. The average Bonchev–Trinajstić information content (AvgIpc) is 2.17. The number of likely N-dealkylation sites (tertiary alicyclic amines) is 1. The van der Waals surface area contributed by atoms with Crippen LogP contribution in [0, 0.1) is 11.8 Å². The Morgan fingerprint density at radius 1 is 1.53 bits per heavy atom. The maximum Gasteiger partial charge on any atom is 0.00190 e. The lowest BCUT2D eigenvalue weighted by Gasteiger charge is -2.33. The minimum atomic E-state index is 0.622. The lowest BCUT2D eigenvalue weighted by atomic mass is 9.97. The molecule has 1 heterocycles. The van der Waals surface area contributed by atoms with Gasteiger partial charge in [0.15, 0.2) is 0 Å². The van der Waals surface area contributed by atoms with Crippen LogP contribution in [0.4, 0.5) is 0 Å². The van der Waals surface area contributed by atoms with Crippen molar-refractivity contribution in [2.24, 2.45) is 17.6 Å². The molecule has 2 atom stereocenters. The number of nitrogens with zero attached hydrogens (tertiary/aromatic N) is 2. The predicted molar refractivity (Wildman–Crippen MR) is 65.9 cm³/mol. The van der Waals surface area contributed by atoms with Crippen LogP contribution in [0.2, 0.25) is 0 Å². The Hall–Kier alpha value is -0.120. The molecule has 3 heteroatoms. The van der Waals surface area contributed by atoms with Gasteiger partial charge in [-0.05, 0) is 51.9 Å². The normalized spacial score (nSPS) is 25.8. The van der Waals surface area contributed by atoms with Gasteiger partial charge in [0.25, 0.3) is 0 Å². The topological polar surface area (TPSA) is 32.5 Å². The Kier molecular flexibility index (Phi) is 5.58. The molecule has 15 heavy (non-hydrogen) atoms. The number of hydrogen-bond acceptors (Lipinski definition) is 3. The van der Waals surface area contributed by atoms with Crippen molar-refractivity contribution >= 4 is 0 Å². The summed E-state index contributed by atoms with van der Waals surface area (Å²) >= 11 is 0. The molecule has 1 saturated heterocycles. The van der Waals surface area contributed by atoms with Crippen LogP contribution in [0.1, 0.15) is 19.8 Å². The van der Waals surface area contributed by atoms with Crippen LogP contribution in [0.15, 0.2) is 0 Å². The zero-order chi connectivity index (χ0) is 11.3. The van der Waals surface area contributed by atoms with Crippen molar-refractivity contribution < 1.29 is 0 Å². The lowest BCUT2D eigenvalue weighted by molar-refractivity contribution is 0.159. The second-order valence-corrected chi connectivity index (χ2v) is 5.33. The van der Waals surface area contributed by atoms with Crippen LogP contribution in [0.3, 0.4) is 0 Å². The van der Waals surface area contributed by atoms with Crippen molar-refractivity contribution in [2.45, 2.75) is 19.8 Å². The molecule has 3 nitrogen and oxygen atoms in total. The summed E-state index contributed by atoms with van der Waals surface area (Å²) in [5.74, 6) is 1.48. The van der Waals surface area contributed by atoms with Crippen LogP contribution in [0.5, 0.6) is 0 Å². The van der Waals surface area contributed by atoms with E-state index in [4.69, 9.17) is 5.73 Å². The fraction of sp³-hybridized carbons (Fsp3) is 1.00. The fourth-order valence-electron chi connectivity index (χ4n) is 2.54. The van der Waals surface area contributed by atoms with Gasteiger partial charge in [-0.1, -0.05) is 6.92 Å². The highest BCUT2D eigenvalue weighted by atomic mass is 15.1. The molecule has 2 N–H and O–H groups in total. The van der Waals surface area contributed by atoms with Crippen LogP contribution < -0.4 is 5.73 Å². The van der Waals surface area contributed by atoms with Crippen molar-refractivity contribution in [3.63, 3.8) is 0 Å². The Morgan fingerprint density at radius 3 is 2.87 bits per heavy atom. The molecule has 0 spiro atoms. The van der Waals surface area contributed by atoms with Gasteiger partial charge in [0.05, 0.1) is 0 Å². The quantitative estimate of drug-likeness (QED) is 0.735. The first-order valence-electron chi connectivity index (χ1n) is 6.19. The molecule has 0 radical (unpaired) electrons. The Balaban J connectivity index is 2.21. The summed E-state index contributed by atoms with van der Waals surface area (Å²) in [5, 5.41) is 0. The first kappa shape index (κ1) is 12.9. The Labute approximate surface area is 94.6 Å². The van der Waals surface area contributed by atoms with Gasteiger partial charge in [0, 0.05) is 19.6 Å². The summed E-state index contributed by atoms with van der Waals surface area (Å²) in [6, 6.07) is 0. The highest BCUT2D eigenvalue weighted by molar-refractivity contribution is 4.73. The Bertz CT molecular complexity index is 172. The third-order valence-corrected chi connectivity index (χ3v) is 3.32. The van der Waals surface area contributed by atoms with E-state index in [-0.39, 0.29) is 0 Å². The van der Waals surface area contributed by atoms with Gasteiger partial charge in [-0.15, -0.1) is 0 Å². The van der Waals surface area contributed by atoms with Gasteiger partial charge in [-0.3, -0.25) is 0 Å². The number of rotatable bonds is 5. The first-order valence-corrected chi connectivity index (χ1v) is 6.19. The van der Waals surface area contributed by atoms with E-state index in [1.54, 1.807) is 0 Å². The molecule has 2 unspecified atom stereocenters. The van der Waals surface area contributed by atoms with Gasteiger partial charge in [-0.2, -0.15) is 0 Å². The highest BCUT2D eigenvalue weighted by Crippen LogP contribution is 2.16. The molecule has 1 aliphatic heterocycles. The van der Waals surface area contributed by atoms with Crippen molar-refractivity contribution in [1.29, 1.82) is 0 Å². The van der Waals surface area contributed by atoms with E-state index in [0.717, 1.165) is 19.0 Å². The lowest BCUT2D eigenvalue weighted by Crippen LogP contribution is -2.39. The fourth-order valence-corrected chi connectivity index (χ4v) is 2.54. The second-order valence-electron chi connectivity index (χ2n) is 5.33. The maximum atomic E-state index is 5.64.